The highest BCUT2D eigenvalue weighted by molar-refractivity contribution is 7.16. The predicted molar refractivity (Wildman–Crippen MR) is 138 cm³/mol. The van der Waals surface area contributed by atoms with Gasteiger partial charge in [-0.25, -0.2) is 4.79 Å². The molecule has 2 aliphatic rings. The molecule has 1 aliphatic carbocycles. The summed E-state index contributed by atoms with van der Waals surface area (Å²) in [6.45, 7) is 6.31. The molecule has 0 saturated carbocycles. The lowest BCUT2D eigenvalue weighted by Crippen LogP contribution is -2.30. The molecular weight excluding hydrogens is 456 g/mol. The highest BCUT2D eigenvalue weighted by Crippen LogP contribution is 2.58. The van der Waals surface area contributed by atoms with E-state index < -0.39 is 11.9 Å². The first-order valence-corrected chi connectivity index (χ1v) is 12.4. The van der Waals surface area contributed by atoms with Crippen LogP contribution in [0.1, 0.15) is 60.2 Å². The summed E-state index contributed by atoms with van der Waals surface area (Å²) in [5.74, 6) is 0.361. The van der Waals surface area contributed by atoms with Gasteiger partial charge in [-0.05, 0) is 12.5 Å². The van der Waals surface area contributed by atoms with Gasteiger partial charge in [0.05, 0.1) is 17.7 Å². The van der Waals surface area contributed by atoms with Gasteiger partial charge in [0.1, 0.15) is 22.6 Å². The largest absolute Gasteiger partial charge is 0.463 e. The molecule has 6 heteroatoms. The summed E-state index contributed by atoms with van der Waals surface area (Å²) in [6, 6.07) is 21.8. The number of anilines is 1. The topological polar surface area (TPSA) is 85.3 Å². The number of allylic oxidation sites excluding steroid dienone is 2. The Bertz CT molecular complexity index is 1410. The van der Waals surface area contributed by atoms with E-state index in [1.807, 2.05) is 60.7 Å². The summed E-state index contributed by atoms with van der Waals surface area (Å²) in [5, 5.41) is 10.6. The zero-order valence-corrected chi connectivity index (χ0v) is 20.7. The van der Waals surface area contributed by atoms with Crippen LogP contribution in [-0.4, -0.2) is 12.6 Å². The number of benzene rings is 2. The zero-order chi connectivity index (χ0) is 24.7. The van der Waals surface area contributed by atoms with Crippen LogP contribution < -0.4 is 5.73 Å². The highest BCUT2D eigenvalue weighted by atomic mass is 32.1. The van der Waals surface area contributed by atoms with Crippen molar-refractivity contribution in [1.82, 2.24) is 0 Å². The van der Waals surface area contributed by atoms with E-state index in [2.05, 4.69) is 19.9 Å². The van der Waals surface area contributed by atoms with Crippen molar-refractivity contribution in [2.45, 2.75) is 38.5 Å². The zero-order valence-electron chi connectivity index (χ0n) is 19.9. The van der Waals surface area contributed by atoms with E-state index in [9.17, 15) is 10.1 Å². The second kappa shape index (κ2) is 8.75. The van der Waals surface area contributed by atoms with Gasteiger partial charge < -0.3 is 15.2 Å². The van der Waals surface area contributed by atoms with Crippen LogP contribution in [0.4, 0.5) is 5.00 Å². The first-order valence-electron chi connectivity index (χ1n) is 11.6. The summed E-state index contributed by atoms with van der Waals surface area (Å²) in [5.41, 5.74) is 10.3. The van der Waals surface area contributed by atoms with E-state index >= 15 is 0 Å². The third kappa shape index (κ3) is 3.73. The maximum atomic E-state index is 13.6. The highest BCUT2D eigenvalue weighted by Gasteiger charge is 2.46. The Morgan fingerprint density at radius 1 is 1.17 bits per heavy atom. The Morgan fingerprint density at radius 2 is 1.83 bits per heavy atom. The molecule has 35 heavy (non-hydrogen) atoms. The summed E-state index contributed by atoms with van der Waals surface area (Å²) in [4.78, 5) is 14.6. The summed E-state index contributed by atoms with van der Waals surface area (Å²) in [6.07, 6.45) is 0.621. The van der Waals surface area contributed by atoms with Crippen molar-refractivity contribution in [3.63, 3.8) is 0 Å². The van der Waals surface area contributed by atoms with E-state index in [0.29, 0.717) is 28.3 Å². The van der Waals surface area contributed by atoms with Gasteiger partial charge in [-0.3, -0.25) is 0 Å². The molecule has 1 unspecified atom stereocenters. The second-order valence-electron chi connectivity index (χ2n) is 9.33. The number of nitriles is 1. The minimum absolute atomic E-state index is 0.241. The fourth-order valence-electron chi connectivity index (χ4n) is 5.06. The van der Waals surface area contributed by atoms with Crippen molar-refractivity contribution < 1.29 is 14.3 Å². The van der Waals surface area contributed by atoms with Gasteiger partial charge in [-0.15, -0.1) is 11.3 Å². The van der Waals surface area contributed by atoms with E-state index in [-0.39, 0.29) is 12.0 Å². The van der Waals surface area contributed by atoms with Crippen LogP contribution in [0.3, 0.4) is 0 Å². The Balaban J connectivity index is 1.86. The molecule has 0 saturated heterocycles. The molecule has 0 fully saturated rings. The number of nitrogens with two attached hydrogens (primary N) is 1. The lowest BCUT2D eigenvalue weighted by atomic mass is 9.69. The van der Waals surface area contributed by atoms with Crippen molar-refractivity contribution in [2.24, 2.45) is 0 Å². The SMILES string of the molecule is CCOC(=O)C1=C(c2ccccc2)OC2=C(c3c(sc(N)c3C#N)C(C)(C)C2)C1c1ccccc1. The average molecular weight is 483 g/mol. The lowest BCUT2D eigenvalue weighted by molar-refractivity contribution is -0.138. The van der Waals surface area contributed by atoms with Crippen LogP contribution in [0, 0.1) is 11.3 Å². The van der Waals surface area contributed by atoms with Crippen molar-refractivity contribution in [3.05, 3.63) is 99.1 Å². The molecule has 3 aromatic rings. The number of nitrogens with zero attached hydrogens (tertiary/aromatic N) is 1. The Kier molecular flexibility index (Phi) is 5.74. The molecule has 2 N–H and O–H groups in total. The predicted octanol–water partition coefficient (Wildman–Crippen LogP) is 6.38. The fourth-order valence-corrected chi connectivity index (χ4v) is 6.19. The third-order valence-electron chi connectivity index (χ3n) is 6.55. The smallest absolute Gasteiger partial charge is 0.338 e. The van der Waals surface area contributed by atoms with E-state index in [1.165, 1.54) is 11.3 Å². The number of thiophene rings is 1. The Morgan fingerprint density at radius 3 is 2.46 bits per heavy atom. The van der Waals surface area contributed by atoms with Crippen LogP contribution in [0.15, 0.2) is 72.0 Å². The number of carbonyl (C=O) groups excluding carboxylic acids is 1. The number of fused-ring (bicyclic) bond motifs is 2. The molecule has 0 spiro atoms. The quantitative estimate of drug-likeness (QED) is 0.436. The van der Waals surface area contributed by atoms with Crippen LogP contribution >= 0.6 is 11.3 Å². The van der Waals surface area contributed by atoms with Crippen LogP contribution in [0.2, 0.25) is 0 Å². The number of ether oxygens (including phenoxy) is 2. The van der Waals surface area contributed by atoms with Gasteiger partial charge in [0.15, 0.2) is 0 Å². The fraction of sp³-hybridized carbons (Fsp3) is 0.241. The van der Waals surface area contributed by atoms with E-state index in [4.69, 9.17) is 15.2 Å². The lowest BCUT2D eigenvalue weighted by Gasteiger charge is -2.39. The van der Waals surface area contributed by atoms with Gasteiger partial charge in [0.2, 0.25) is 0 Å². The van der Waals surface area contributed by atoms with Crippen molar-refractivity contribution in [1.29, 1.82) is 5.26 Å². The number of carbonyl (C=O) groups is 1. The average Bonchev–Trinajstić information content (AvgIpc) is 3.21. The molecule has 5 nitrogen and oxygen atoms in total. The minimum Gasteiger partial charge on any atom is -0.463 e. The normalized spacial score (nSPS) is 18.3. The molecule has 2 heterocycles. The summed E-state index contributed by atoms with van der Waals surface area (Å²) in [7, 11) is 0. The molecule has 1 atom stereocenters. The van der Waals surface area contributed by atoms with Gasteiger partial charge >= 0.3 is 5.97 Å². The minimum atomic E-state index is -0.467. The van der Waals surface area contributed by atoms with Crippen LogP contribution in [0.5, 0.6) is 0 Å². The first-order chi connectivity index (χ1) is 16.9. The van der Waals surface area contributed by atoms with E-state index in [1.54, 1.807) is 6.92 Å². The number of hydrogen-bond donors (Lipinski definition) is 1. The molecule has 0 bridgehead atoms. The number of nitrogen functional groups attached to an aromatic ring is 1. The van der Waals surface area contributed by atoms with Gasteiger partial charge in [-0.2, -0.15) is 5.26 Å². The summed E-state index contributed by atoms with van der Waals surface area (Å²) < 4.78 is 12.2. The molecule has 5 rings (SSSR count). The Hall–Kier alpha value is -3.82. The number of rotatable bonds is 4. The maximum Gasteiger partial charge on any atom is 0.338 e. The standard InChI is InChI=1S/C29H26N2O3S/c1-4-33-28(32)24-21(17-11-7-5-8-12-17)23-20(34-25(24)18-13-9-6-10-14-18)15-29(2,3)26-22(23)19(16-30)27(31)35-26/h5-14,21H,4,15,31H2,1-3H3. The third-order valence-corrected chi connectivity index (χ3v) is 7.93. The molecular formula is C29H26N2O3S. The molecule has 0 amide bonds. The molecule has 2 aromatic carbocycles. The summed E-state index contributed by atoms with van der Waals surface area (Å²) >= 11 is 1.45. The van der Waals surface area contributed by atoms with Crippen LogP contribution in [0.25, 0.3) is 11.3 Å². The number of hydrogen-bond acceptors (Lipinski definition) is 6. The maximum absolute atomic E-state index is 13.6. The van der Waals surface area contributed by atoms with Gasteiger partial charge in [-0.1, -0.05) is 74.5 Å². The van der Waals surface area contributed by atoms with Gasteiger partial charge in [0, 0.05) is 39.3 Å². The van der Waals surface area contributed by atoms with Crippen LogP contribution in [-0.2, 0) is 19.7 Å². The monoisotopic (exact) mass is 482 g/mol. The van der Waals surface area contributed by atoms with Crippen molar-refractivity contribution >= 4 is 33.6 Å². The van der Waals surface area contributed by atoms with Gasteiger partial charge in [0.25, 0.3) is 0 Å². The number of esters is 1. The first kappa shape index (κ1) is 22.9. The second-order valence-corrected chi connectivity index (χ2v) is 10.4. The molecule has 1 aliphatic heterocycles. The molecule has 1 aromatic heterocycles. The molecule has 176 valence electrons. The van der Waals surface area contributed by atoms with Crippen molar-refractivity contribution in [2.75, 3.05) is 12.3 Å². The molecule has 0 radical (unpaired) electrons. The Labute approximate surface area is 209 Å². The van der Waals surface area contributed by atoms with E-state index in [0.717, 1.165) is 32.9 Å². The van der Waals surface area contributed by atoms with Crippen molar-refractivity contribution in [3.8, 4) is 6.07 Å².